The minimum Gasteiger partial charge on any atom is -0.380 e. The Labute approximate surface area is 142 Å². The molecule has 4 rings (SSSR count). The van der Waals surface area contributed by atoms with Crippen LogP contribution in [0.3, 0.4) is 0 Å². The lowest BCUT2D eigenvalue weighted by Gasteiger charge is -2.28. The second-order valence-corrected chi connectivity index (χ2v) is 6.96. The SMILES string of the molecule is CO[C@H]1C[C@@H](CN2CCCC2)N(C(=O)c2cccc3cc[nH]c23)C1. The van der Waals surface area contributed by atoms with Crippen molar-refractivity contribution in [1.82, 2.24) is 14.8 Å². The largest absolute Gasteiger partial charge is 0.380 e. The number of hydrogen-bond donors (Lipinski definition) is 1. The van der Waals surface area contributed by atoms with E-state index < -0.39 is 0 Å². The van der Waals surface area contributed by atoms with Crippen LogP contribution in [0, 0.1) is 0 Å². The van der Waals surface area contributed by atoms with Crippen LogP contribution in [-0.4, -0.2) is 66.1 Å². The summed E-state index contributed by atoms with van der Waals surface area (Å²) in [5, 5.41) is 1.08. The number of aromatic nitrogens is 1. The molecule has 2 fully saturated rings. The van der Waals surface area contributed by atoms with Crippen LogP contribution in [0.1, 0.15) is 29.6 Å². The van der Waals surface area contributed by atoms with Crippen LogP contribution in [-0.2, 0) is 4.74 Å². The molecular formula is C19H25N3O2. The van der Waals surface area contributed by atoms with E-state index in [-0.39, 0.29) is 18.1 Å². The van der Waals surface area contributed by atoms with Gasteiger partial charge in [-0.3, -0.25) is 4.79 Å². The highest BCUT2D eigenvalue weighted by Gasteiger charge is 2.37. The van der Waals surface area contributed by atoms with Gasteiger partial charge in [0.2, 0.25) is 0 Å². The first-order chi connectivity index (χ1) is 11.8. The van der Waals surface area contributed by atoms with Crippen molar-refractivity contribution in [1.29, 1.82) is 0 Å². The van der Waals surface area contributed by atoms with Gasteiger partial charge in [0.05, 0.1) is 17.2 Å². The van der Waals surface area contributed by atoms with Gasteiger partial charge in [0, 0.05) is 37.8 Å². The third kappa shape index (κ3) is 2.82. The summed E-state index contributed by atoms with van der Waals surface area (Å²) in [7, 11) is 1.75. The average molecular weight is 327 g/mol. The summed E-state index contributed by atoms with van der Waals surface area (Å²) < 4.78 is 5.57. The van der Waals surface area contributed by atoms with Gasteiger partial charge in [0.25, 0.3) is 5.91 Å². The van der Waals surface area contributed by atoms with Gasteiger partial charge in [-0.25, -0.2) is 0 Å². The number of rotatable bonds is 4. The van der Waals surface area contributed by atoms with E-state index in [2.05, 4.69) is 9.88 Å². The Kier molecular flexibility index (Phi) is 4.29. The lowest BCUT2D eigenvalue weighted by atomic mass is 10.1. The molecule has 1 N–H and O–H groups in total. The van der Waals surface area contributed by atoms with Crippen LogP contribution in [0.2, 0.25) is 0 Å². The molecular weight excluding hydrogens is 302 g/mol. The van der Waals surface area contributed by atoms with E-state index in [1.54, 1.807) is 7.11 Å². The summed E-state index contributed by atoms with van der Waals surface area (Å²) in [4.78, 5) is 21.0. The quantitative estimate of drug-likeness (QED) is 0.938. The van der Waals surface area contributed by atoms with Gasteiger partial charge < -0.3 is 19.5 Å². The van der Waals surface area contributed by atoms with Gasteiger partial charge in [0.1, 0.15) is 0 Å². The number of para-hydroxylation sites is 1. The van der Waals surface area contributed by atoms with E-state index in [1.807, 2.05) is 35.4 Å². The van der Waals surface area contributed by atoms with E-state index in [1.165, 1.54) is 12.8 Å². The number of fused-ring (bicyclic) bond motifs is 1. The number of carbonyl (C=O) groups excluding carboxylic acids is 1. The molecule has 2 saturated heterocycles. The molecule has 0 spiro atoms. The van der Waals surface area contributed by atoms with Crippen LogP contribution < -0.4 is 0 Å². The van der Waals surface area contributed by atoms with Gasteiger partial charge >= 0.3 is 0 Å². The molecule has 0 unspecified atom stereocenters. The third-order valence-corrected chi connectivity index (χ3v) is 5.46. The highest BCUT2D eigenvalue weighted by molar-refractivity contribution is 6.05. The smallest absolute Gasteiger partial charge is 0.256 e. The predicted octanol–water partition coefficient (Wildman–Crippen LogP) is 2.49. The maximum absolute atomic E-state index is 13.2. The van der Waals surface area contributed by atoms with E-state index in [4.69, 9.17) is 4.74 Å². The molecule has 5 heteroatoms. The number of methoxy groups -OCH3 is 1. The Hall–Kier alpha value is -1.85. The molecule has 1 aromatic heterocycles. The molecule has 2 aromatic rings. The lowest BCUT2D eigenvalue weighted by Crippen LogP contribution is -2.42. The molecule has 2 atom stereocenters. The average Bonchev–Trinajstić information content (AvgIpc) is 3.34. The Bertz CT molecular complexity index is 720. The van der Waals surface area contributed by atoms with Crippen LogP contribution in [0.5, 0.6) is 0 Å². The molecule has 2 aliphatic rings. The summed E-state index contributed by atoms with van der Waals surface area (Å²) in [6.07, 6.45) is 5.51. The minimum atomic E-state index is 0.117. The molecule has 0 aliphatic carbocycles. The fourth-order valence-corrected chi connectivity index (χ4v) is 4.15. The fourth-order valence-electron chi connectivity index (χ4n) is 4.15. The van der Waals surface area contributed by atoms with Crippen LogP contribution in [0.15, 0.2) is 30.5 Å². The molecule has 128 valence electrons. The first-order valence-corrected chi connectivity index (χ1v) is 8.88. The summed E-state index contributed by atoms with van der Waals surface area (Å²) in [6, 6.07) is 8.17. The zero-order chi connectivity index (χ0) is 16.5. The van der Waals surface area contributed by atoms with Crippen molar-refractivity contribution in [3.63, 3.8) is 0 Å². The van der Waals surface area contributed by atoms with Crippen molar-refractivity contribution in [2.24, 2.45) is 0 Å². The molecule has 0 saturated carbocycles. The van der Waals surface area contributed by atoms with E-state index in [0.29, 0.717) is 6.54 Å². The second kappa shape index (κ2) is 6.57. The van der Waals surface area contributed by atoms with Crippen molar-refractivity contribution in [3.05, 3.63) is 36.0 Å². The highest BCUT2D eigenvalue weighted by Crippen LogP contribution is 2.26. The maximum atomic E-state index is 13.2. The highest BCUT2D eigenvalue weighted by atomic mass is 16.5. The monoisotopic (exact) mass is 327 g/mol. The Morgan fingerprint density at radius 1 is 1.29 bits per heavy atom. The van der Waals surface area contributed by atoms with Gasteiger partial charge in [-0.15, -0.1) is 0 Å². The number of carbonyl (C=O) groups is 1. The van der Waals surface area contributed by atoms with Crippen LogP contribution in [0.25, 0.3) is 10.9 Å². The number of hydrogen-bond acceptors (Lipinski definition) is 3. The summed E-state index contributed by atoms with van der Waals surface area (Å²) in [5.74, 6) is 0.117. The number of likely N-dealkylation sites (tertiary alicyclic amines) is 2. The zero-order valence-electron chi connectivity index (χ0n) is 14.2. The summed E-state index contributed by atoms with van der Waals surface area (Å²) in [6.45, 7) is 3.96. The summed E-state index contributed by atoms with van der Waals surface area (Å²) in [5.41, 5.74) is 1.70. The number of ether oxygens (including phenoxy) is 1. The number of H-pyrrole nitrogens is 1. The number of amides is 1. The van der Waals surface area contributed by atoms with Crippen molar-refractivity contribution in [3.8, 4) is 0 Å². The van der Waals surface area contributed by atoms with Crippen molar-refractivity contribution in [2.75, 3.05) is 33.3 Å². The van der Waals surface area contributed by atoms with Crippen LogP contribution in [0.4, 0.5) is 0 Å². The number of benzene rings is 1. The molecule has 2 aliphatic heterocycles. The topological polar surface area (TPSA) is 48.6 Å². The van der Waals surface area contributed by atoms with E-state index in [9.17, 15) is 4.79 Å². The molecule has 0 bridgehead atoms. The van der Waals surface area contributed by atoms with Crippen LogP contribution >= 0.6 is 0 Å². The van der Waals surface area contributed by atoms with Crippen molar-refractivity contribution in [2.45, 2.75) is 31.4 Å². The molecule has 0 radical (unpaired) electrons. The molecule has 1 amide bonds. The zero-order valence-corrected chi connectivity index (χ0v) is 14.2. The first kappa shape index (κ1) is 15.7. The lowest BCUT2D eigenvalue weighted by molar-refractivity contribution is 0.0672. The van der Waals surface area contributed by atoms with E-state index >= 15 is 0 Å². The number of aromatic amines is 1. The van der Waals surface area contributed by atoms with Gasteiger partial charge in [-0.1, -0.05) is 12.1 Å². The minimum absolute atomic E-state index is 0.117. The van der Waals surface area contributed by atoms with Gasteiger partial charge in [-0.2, -0.15) is 0 Å². The van der Waals surface area contributed by atoms with Crippen molar-refractivity contribution >= 4 is 16.8 Å². The normalized spacial score (nSPS) is 25.0. The molecule has 1 aromatic carbocycles. The fraction of sp³-hybridized carbons (Fsp3) is 0.526. The molecule has 5 nitrogen and oxygen atoms in total. The van der Waals surface area contributed by atoms with Gasteiger partial charge in [0.15, 0.2) is 0 Å². The molecule has 3 heterocycles. The maximum Gasteiger partial charge on any atom is 0.256 e. The third-order valence-electron chi connectivity index (χ3n) is 5.46. The number of nitrogens with one attached hydrogen (secondary N) is 1. The van der Waals surface area contributed by atoms with Crippen molar-refractivity contribution < 1.29 is 9.53 Å². The van der Waals surface area contributed by atoms with E-state index in [0.717, 1.165) is 42.5 Å². The molecule has 24 heavy (non-hydrogen) atoms. The van der Waals surface area contributed by atoms with Gasteiger partial charge in [-0.05, 0) is 44.5 Å². The standard InChI is InChI=1S/C19H25N3O2/c1-24-16-11-15(12-21-9-2-3-10-21)22(13-16)19(23)17-6-4-5-14-7-8-20-18(14)17/h4-8,15-16,20H,2-3,9-13H2,1H3/t15-,16-/m0/s1. The predicted molar refractivity (Wildman–Crippen MR) is 94.2 cm³/mol. The second-order valence-electron chi connectivity index (χ2n) is 6.96. The Morgan fingerprint density at radius 3 is 2.92 bits per heavy atom. The Balaban J connectivity index is 1.59. The first-order valence-electron chi connectivity index (χ1n) is 8.88. The summed E-state index contributed by atoms with van der Waals surface area (Å²) >= 11 is 0. The number of nitrogens with zero attached hydrogens (tertiary/aromatic N) is 2. The Morgan fingerprint density at radius 2 is 2.12 bits per heavy atom.